The molecule has 0 aliphatic rings. The van der Waals surface area contributed by atoms with Crippen molar-refractivity contribution >= 4 is 23.4 Å². The minimum atomic E-state index is 0.105. The highest BCUT2D eigenvalue weighted by Gasteiger charge is 2.11. The molecule has 0 aliphatic heterocycles. The molecule has 1 heterocycles. The van der Waals surface area contributed by atoms with E-state index < -0.39 is 0 Å². The van der Waals surface area contributed by atoms with Gasteiger partial charge in [-0.1, -0.05) is 54.1 Å². The van der Waals surface area contributed by atoms with E-state index in [9.17, 15) is 0 Å². The summed E-state index contributed by atoms with van der Waals surface area (Å²) in [5.41, 5.74) is 9.76. The predicted octanol–water partition coefficient (Wildman–Crippen LogP) is 4.86. The molecule has 0 aliphatic carbocycles. The number of anilines is 2. The van der Waals surface area contributed by atoms with Crippen molar-refractivity contribution in [2.75, 3.05) is 11.1 Å². The van der Waals surface area contributed by atoms with E-state index in [0.717, 1.165) is 16.8 Å². The van der Waals surface area contributed by atoms with Gasteiger partial charge in [0.1, 0.15) is 5.82 Å². The first kappa shape index (κ1) is 16.3. The van der Waals surface area contributed by atoms with E-state index in [1.807, 2.05) is 49.4 Å². The fraction of sp³-hybridized carbons (Fsp3) is 0.158. The second-order valence-electron chi connectivity index (χ2n) is 5.69. The van der Waals surface area contributed by atoms with Crippen molar-refractivity contribution in [1.82, 2.24) is 9.97 Å². The summed E-state index contributed by atoms with van der Waals surface area (Å²) in [5.74, 6) is 0.919. The van der Waals surface area contributed by atoms with Crippen molar-refractivity contribution in [2.24, 2.45) is 0 Å². The summed E-state index contributed by atoms with van der Waals surface area (Å²) in [6.07, 6.45) is 0. The van der Waals surface area contributed by atoms with E-state index in [0.29, 0.717) is 10.8 Å². The Balaban J connectivity index is 1.93. The zero-order valence-corrected chi connectivity index (χ0v) is 14.4. The number of nitrogen functional groups attached to an aromatic ring is 1. The van der Waals surface area contributed by atoms with Gasteiger partial charge in [-0.25, -0.2) is 4.98 Å². The first-order valence-electron chi connectivity index (χ1n) is 7.76. The highest BCUT2D eigenvalue weighted by Crippen LogP contribution is 2.29. The zero-order chi connectivity index (χ0) is 17.1. The Morgan fingerprint density at radius 1 is 1.04 bits per heavy atom. The van der Waals surface area contributed by atoms with Gasteiger partial charge < -0.3 is 11.1 Å². The van der Waals surface area contributed by atoms with Crippen LogP contribution >= 0.6 is 11.6 Å². The van der Waals surface area contributed by atoms with E-state index in [4.69, 9.17) is 17.3 Å². The van der Waals surface area contributed by atoms with Crippen LogP contribution in [0, 0.1) is 6.92 Å². The Bertz CT molecular complexity index is 849. The van der Waals surface area contributed by atoms with Crippen molar-refractivity contribution < 1.29 is 0 Å². The third-order valence-corrected chi connectivity index (χ3v) is 4.36. The van der Waals surface area contributed by atoms with Gasteiger partial charge in [0.05, 0.1) is 5.69 Å². The summed E-state index contributed by atoms with van der Waals surface area (Å²) >= 11 is 6.22. The minimum Gasteiger partial charge on any atom is -0.368 e. The fourth-order valence-corrected chi connectivity index (χ4v) is 2.78. The topological polar surface area (TPSA) is 63.8 Å². The van der Waals surface area contributed by atoms with Crippen LogP contribution in [0.5, 0.6) is 0 Å². The second kappa shape index (κ2) is 6.89. The van der Waals surface area contributed by atoms with Gasteiger partial charge in [-0.2, -0.15) is 4.98 Å². The lowest BCUT2D eigenvalue weighted by molar-refractivity contribution is 0.873. The Morgan fingerprint density at radius 3 is 2.54 bits per heavy atom. The van der Waals surface area contributed by atoms with Gasteiger partial charge in [0.25, 0.3) is 0 Å². The Kier molecular flexibility index (Phi) is 4.67. The van der Waals surface area contributed by atoms with Crippen LogP contribution in [-0.4, -0.2) is 9.97 Å². The smallest absolute Gasteiger partial charge is 0.222 e. The molecule has 0 fully saturated rings. The molecule has 4 nitrogen and oxygen atoms in total. The Morgan fingerprint density at radius 2 is 1.79 bits per heavy atom. The predicted molar refractivity (Wildman–Crippen MR) is 100 cm³/mol. The number of rotatable bonds is 4. The van der Waals surface area contributed by atoms with Crippen LogP contribution < -0.4 is 11.1 Å². The first-order chi connectivity index (χ1) is 11.5. The number of hydrogen-bond donors (Lipinski definition) is 2. The van der Waals surface area contributed by atoms with Gasteiger partial charge in [0, 0.05) is 22.7 Å². The molecule has 122 valence electrons. The van der Waals surface area contributed by atoms with Gasteiger partial charge in [-0.15, -0.1) is 0 Å². The summed E-state index contributed by atoms with van der Waals surface area (Å²) in [6.45, 7) is 4.05. The van der Waals surface area contributed by atoms with Crippen molar-refractivity contribution in [3.63, 3.8) is 0 Å². The van der Waals surface area contributed by atoms with Crippen LogP contribution in [-0.2, 0) is 0 Å². The van der Waals surface area contributed by atoms with E-state index in [-0.39, 0.29) is 12.0 Å². The molecule has 1 atom stereocenters. The number of nitrogens with zero attached hydrogens (tertiary/aromatic N) is 2. The van der Waals surface area contributed by atoms with Gasteiger partial charge >= 0.3 is 0 Å². The number of nitrogens with one attached hydrogen (secondary N) is 1. The number of hydrogen-bond acceptors (Lipinski definition) is 4. The monoisotopic (exact) mass is 338 g/mol. The molecule has 0 bridgehead atoms. The van der Waals surface area contributed by atoms with Crippen molar-refractivity contribution in [2.45, 2.75) is 19.9 Å². The SMILES string of the molecule is Cc1c(Cl)cccc1-c1cc(N[C@H](C)c2ccccc2)nc(N)n1. The molecular weight excluding hydrogens is 320 g/mol. The fourth-order valence-electron chi connectivity index (χ4n) is 2.61. The normalized spacial score (nSPS) is 12.0. The number of nitrogens with two attached hydrogens (primary N) is 1. The second-order valence-corrected chi connectivity index (χ2v) is 6.09. The van der Waals surface area contributed by atoms with Gasteiger partial charge in [0.15, 0.2) is 0 Å². The molecule has 3 rings (SSSR count). The van der Waals surface area contributed by atoms with Gasteiger partial charge in [-0.3, -0.25) is 0 Å². The summed E-state index contributed by atoms with van der Waals surface area (Å²) in [4.78, 5) is 8.65. The number of aromatic nitrogens is 2. The van der Waals surface area contributed by atoms with Gasteiger partial charge in [-0.05, 0) is 31.0 Å². The molecule has 5 heteroatoms. The molecule has 0 amide bonds. The molecule has 3 N–H and O–H groups in total. The van der Waals surface area contributed by atoms with E-state index in [2.05, 4.69) is 34.3 Å². The lowest BCUT2D eigenvalue weighted by Crippen LogP contribution is -2.09. The van der Waals surface area contributed by atoms with Crippen LogP contribution in [0.3, 0.4) is 0 Å². The summed E-state index contributed by atoms with van der Waals surface area (Å²) in [7, 11) is 0. The maximum absolute atomic E-state index is 6.22. The molecule has 0 saturated carbocycles. The molecule has 0 saturated heterocycles. The van der Waals surface area contributed by atoms with Crippen LogP contribution in [0.2, 0.25) is 5.02 Å². The third kappa shape index (κ3) is 3.49. The molecule has 24 heavy (non-hydrogen) atoms. The number of halogens is 1. The van der Waals surface area contributed by atoms with Crippen LogP contribution in [0.25, 0.3) is 11.3 Å². The third-order valence-electron chi connectivity index (χ3n) is 3.95. The van der Waals surface area contributed by atoms with Gasteiger partial charge in [0.2, 0.25) is 5.95 Å². The van der Waals surface area contributed by atoms with Crippen LogP contribution in [0.1, 0.15) is 24.1 Å². The maximum Gasteiger partial charge on any atom is 0.222 e. The minimum absolute atomic E-state index is 0.105. The highest BCUT2D eigenvalue weighted by molar-refractivity contribution is 6.31. The average molecular weight is 339 g/mol. The largest absolute Gasteiger partial charge is 0.368 e. The summed E-state index contributed by atoms with van der Waals surface area (Å²) in [5, 5.41) is 4.08. The maximum atomic E-state index is 6.22. The average Bonchev–Trinajstić information content (AvgIpc) is 2.57. The highest BCUT2D eigenvalue weighted by atomic mass is 35.5. The Hall–Kier alpha value is -2.59. The van der Waals surface area contributed by atoms with E-state index >= 15 is 0 Å². The summed E-state index contributed by atoms with van der Waals surface area (Å²) < 4.78 is 0. The molecule has 0 radical (unpaired) electrons. The molecule has 3 aromatic rings. The van der Waals surface area contributed by atoms with Crippen LogP contribution in [0.4, 0.5) is 11.8 Å². The Labute approximate surface area is 146 Å². The molecule has 2 aromatic carbocycles. The molecule has 1 aromatic heterocycles. The summed E-state index contributed by atoms with van der Waals surface area (Å²) in [6, 6.07) is 17.9. The first-order valence-corrected chi connectivity index (χ1v) is 8.14. The van der Waals surface area contributed by atoms with Crippen LogP contribution in [0.15, 0.2) is 54.6 Å². The molecule has 0 spiro atoms. The molecular formula is C19H19ClN4. The van der Waals surface area contributed by atoms with Crippen molar-refractivity contribution in [3.05, 3.63) is 70.7 Å². The van der Waals surface area contributed by atoms with E-state index in [1.165, 1.54) is 5.56 Å². The lowest BCUT2D eigenvalue weighted by atomic mass is 10.1. The van der Waals surface area contributed by atoms with Crippen molar-refractivity contribution in [1.29, 1.82) is 0 Å². The molecule has 0 unspecified atom stereocenters. The zero-order valence-electron chi connectivity index (χ0n) is 13.6. The lowest BCUT2D eigenvalue weighted by Gasteiger charge is -2.16. The van der Waals surface area contributed by atoms with Crippen molar-refractivity contribution in [3.8, 4) is 11.3 Å². The van der Waals surface area contributed by atoms with E-state index in [1.54, 1.807) is 0 Å². The quantitative estimate of drug-likeness (QED) is 0.713. The standard InChI is InChI=1S/C19H19ClN4/c1-12-15(9-6-10-16(12)20)17-11-18(24-19(21)23-17)22-13(2)14-7-4-3-5-8-14/h3-11,13H,1-2H3,(H3,21,22,23,24)/t13-/m1/s1. The number of benzene rings is 2.